The first kappa shape index (κ1) is 15.1. The molecule has 6 nitrogen and oxygen atoms in total. The molecule has 4 N–H and O–H groups in total. The number of pyridine rings is 1. The summed E-state index contributed by atoms with van der Waals surface area (Å²) in [5.74, 6) is -0.618. The van der Waals surface area contributed by atoms with E-state index in [4.69, 9.17) is 5.73 Å². The average molecular weight is 264 g/mol. The largest absolute Gasteiger partial charge is 0.350 e. The molecule has 2 amide bonds. The molecule has 104 valence electrons. The molecular formula is C13H20N4O2. The molecule has 0 bridgehead atoms. The summed E-state index contributed by atoms with van der Waals surface area (Å²) < 4.78 is 0. The second-order valence-electron chi connectivity index (χ2n) is 5.24. The maximum absolute atomic E-state index is 11.7. The number of hydrogen-bond acceptors (Lipinski definition) is 4. The van der Waals surface area contributed by atoms with Crippen LogP contribution in [0.4, 0.5) is 0 Å². The summed E-state index contributed by atoms with van der Waals surface area (Å²) in [6, 6.07) is 3.32. The van der Waals surface area contributed by atoms with E-state index >= 15 is 0 Å². The van der Waals surface area contributed by atoms with Crippen LogP contribution in [0, 0.1) is 0 Å². The highest BCUT2D eigenvalue weighted by atomic mass is 16.2. The Labute approximate surface area is 112 Å². The molecule has 0 aliphatic heterocycles. The number of aromatic nitrogens is 1. The van der Waals surface area contributed by atoms with Gasteiger partial charge in [0.05, 0.1) is 6.54 Å². The van der Waals surface area contributed by atoms with E-state index in [1.54, 1.807) is 18.3 Å². The third-order valence-corrected chi connectivity index (χ3v) is 2.22. The SMILES string of the molecule is CC(C)(C)NC(=O)CNC(=O)c1ccc(CN)cn1. The third-order valence-electron chi connectivity index (χ3n) is 2.22. The van der Waals surface area contributed by atoms with Crippen LogP contribution in [-0.4, -0.2) is 28.9 Å². The second-order valence-corrected chi connectivity index (χ2v) is 5.24. The Morgan fingerprint density at radius 3 is 2.47 bits per heavy atom. The first-order valence-corrected chi connectivity index (χ1v) is 6.06. The predicted octanol–water partition coefficient (Wildman–Crippen LogP) is 0.185. The van der Waals surface area contributed by atoms with Gasteiger partial charge in [0, 0.05) is 18.3 Å². The summed E-state index contributed by atoms with van der Waals surface area (Å²) in [6.45, 7) is 5.93. The maximum Gasteiger partial charge on any atom is 0.270 e. The van der Waals surface area contributed by atoms with Gasteiger partial charge in [-0.2, -0.15) is 0 Å². The topological polar surface area (TPSA) is 97.1 Å². The molecule has 0 radical (unpaired) electrons. The zero-order valence-corrected chi connectivity index (χ0v) is 11.5. The summed E-state index contributed by atoms with van der Waals surface area (Å²) in [7, 11) is 0. The molecular weight excluding hydrogens is 244 g/mol. The van der Waals surface area contributed by atoms with E-state index in [0.717, 1.165) is 5.56 Å². The second kappa shape index (κ2) is 6.29. The molecule has 1 aromatic heterocycles. The molecule has 19 heavy (non-hydrogen) atoms. The fourth-order valence-corrected chi connectivity index (χ4v) is 1.39. The standard InChI is InChI=1S/C13H20N4O2/c1-13(2,3)17-11(18)8-16-12(19)10-5-4-9(6-14)7-15-10/h4-5,7H,6,8,14H2,1-3H3,(H,16,19)(H,17,18). The number of hydrogen-bond donors (Lipinski definition) is 3. The first-order chi connectivity index (χ1) is 8.81. The lowest BCUT2D eigenvalue weighted by atomic mass is 10.1. The van der Waals surface area contributed by atoms with E-state index in [1.165, 1.54) is 0 Å². The van der Waals surface area contributed by atoms with E-state index < -0.39 is 0 Å². The highest BCUT2D eigenvalue weighted by molar-refractivity contribution is 5.94. The van der Waals surface area contributed by atoms with E-state index in [0.29, 0.717) is 6.54 Å². The highest BCUT2D eigenvalue weighted by Crippen LogP contribution is 2.00. The van der Waals surface area contributed by atoms with Crippen LogP contribution in [0.2, 0.25) is 0 Å². The molecule has 0 saturated carbocycles. The molecule has 1 aromatic rings. The highest BCUT2D eigenvalue weighted by Gasteiger charge is 2.15. The summed E-state index contributed by atoms with van der Waals surface area (Å²) in [4.78, 5) is 27.2. The van der Waals surface area contributed by atoms with Crippen LogP contribution in [0.3, 0.4) is 0 Å². The molecule has 0 unspecified atom stereocenters. The van der Waals surface area contributed by atoms with Gasteiger partial charge < -0.3 is 16.4 Å². The molecule has 0 fully saturated rings. The van der Waals surface area contributed by atoms with Crippen molar-refractivity contribution in [1.82, 2.24) is 15.6 Å². The first-order valence-electron chi connectivity index (χ1n) is 6.06. The van der Waals surface area contributed by atoms with Crippen molar-refractivity contribution in [1.29, 1.82) is 0 Å². The third kappa shape index (κ3) is 5.48. The zero-order valence-electron chi connectivity index (χ0n) is 11.5. The van der Waals surface area contributed by atoms with Gasteiger partial charge in [0.25, 0.3) is 5.91 Å². The molecule has 0 aromatic carbocycles. The van der Waals surface area contributed by atoms with Crippen LogP contribution in [0.5, 0.6) is 0 Å². The van der Waals surface area contributed by atoms with Gasteiger partial charge >= 0.3 is 0 Å². The van der Waals surface area contributed by atoms with Crippen LogP contribution in [-0.2, 0) is 11.3 Å². The summed E-state index contributed by atoms with van der Waals surface area (Å²) >= 11 is 0. The van der Waals surface area contributed by atoms with Gasteiger partial charge in [0.2, 0.25) is 5.91 Å². The molecule has 0 spiro atoms. The lowest BCUT2D eigenvalue weighted by molar-refractivity contribution is -0.121. The Morgan fingerprint density at radius 1 is 1.32 bits per heavy atom. The summed E-state index contributed by atoms with van der Waals surface area (Å²) in [5, 5.41) is 5.27. The van der Waals surface area contributed by atoms with Crippen molar-refractivity contribution >= 4 is 11.8 Å². The number of carbonyl (C=O) groups excluding carboxylic acids is 2. The minimum Gasteiger partial charge on any atom is -0.350 e. The molecule has 6 heteroatoms. The normalized spacial score (nSPS) is 10.9. The van der Waals surface area contributed by atoms with Crippen LogP contribution >= 0.6 is 0 Å². The molecule has 1 heterocycles. The van der Waals surface area contributed by atoms with Gasteiger partial charge in [-0.15, -0.1) is 0 Å². The number of nitrogens with zero attached hydrogens (tertiary/aromatic N) is 1. The Kier molecular flexibility index (Phi) is 5.00. The lowest BCUT2D eigenvalue weighted by Crippen LogP contribution is -2.45. The van der Waals surface area contributed by atoms with Gasteiger partial charge in [0.15, 0.2) is 0 Å². The van der Waals surface area contributed by atoms with Crippen LogP contribution in [0.1, 0.15) is 36.8 Å². The minimum absolute atomic E-state index is 0.0730. The predicted molar refractivity (Wildman–Crippen MR) is 72.4 cm³/mol. The van der Waals surface area contributed by atoms with E-state index in [-0.39, 0.29) is 29.6 Å². The van der Waals surface area contributed by atoms with Gasteiger partial charge in [-0.3, -0.25) is 14.6 Å². The Hall–Kier alpha value is -1.95. The van der Waals surface area contributed by atoms with Crippen molar-refractivity contribution in [2.24, 2.45) is 5.73 Å². The Morgan fingerprint density at radius 2 is 2.00 bits per heavy atom. The van der Waals surface area contributed by atoms with Crippen molar-refractivity contribution in [3.63, 3.8) is 0 Å². The quantitative estimate of drug-likeness (QED) is 0.723. The number of nitrogens with two attached hydrogens (primary N) is 1. The zero-order chi connectivity index (χ0) is 14.5. The molecule has 1 rings (SSSR count). The van der Waals surface area contributed by atoms with Crippen molar-refractivity contribution in [2.45, 2.75) is 32.9 Å². The van der Waals surface area contributed by atoms with Crippen molar-refractivity contribution < 1.29 is 9.59 Å². The number of carbonyl (C=O) groups is 2. The van der Waals surface area contributed by atoms with Gasteiger partial charge in [-0.1, -0.05) is 6.07 Å². The number of amides is 2. The molecule has 0 aliphatic carbocycles. The fourth-order valence-electron chi connectivity index (χ4n) is 1.39. The van der Waals surface area contributed by atoms with E-state index in [1.807, 2.05) is 20.8 Å². The molecule has 0 aliphatic rings. The van der Waals surface area contributed by atoms with Crippen LogP contribution in [0.15, 0.2) is 18.3 Å². The molecule has 0 saturated heterocycles. The van der Waals surface area contributed by atoms with Crippen molar-refractivity contribution in [3.05, 3.63) is 29.6 Å². The lowest BCUT2D eigenvalue weighted by Gasteiger charge is -2.20. The summed E-state index contributed by atoms with van der Waals surface area (Å²) in [5.41, 5.74) is 6.24. The van der Waals surface area contributed by atoms with E-state index in [9.17, 15) is 9.59 Å². The molecule has 0 atom stereocenters. The van der Waals surface area contributed by atoms with E-state index in [2.05, 4.69) is 15.6 Å². The fraction of sp³-hybridized carbons (Fsp3) is 0.462. The smallest absolute Gasteiger partial charge is 0.270 e. The minimum atomic E-state index is -0.382. The van der Waals surface area contributed by atoms with Gasteiger partial charge in [0.1, 0.15) is 5.69 Å². The van der Waals surface area contributed by atoms with Crippen molar-refractivity contribution in [3.8, 4) is 0 Å². The van der Waals surface area contributed by atoms with Crippen LogP contribution < -0.4 is 16.4 Å². The number of nitrogens with one attached hydrogen (secondary N) is 2. The van der Waals surface area contributed by atoms with Gasteiger partial charge in [-0.25, -0.2) is 0 Å². The summed E-state index contributed by atoms with van der Waals surface area (Å²) in [6.07, 6.45) is 1.55. The Bertz CT molecular complexity index is 449. The maximum atomic E-state index is 11.7. The van der Waals surface area contributed by atoms with Crippen LogP contribution in [0.25, 0.3) is 0 Å². The monoisotopic (exact) mass is 264 g/mol. The van der Waals surface area contributed by atoms with Gasteiger partial charge in [-0.05, 0) is 32.4 Å². The van der Waals surface area contributed by atoms with Crippen molar-refractivity contribution in [2.75, 3.05) is 6.54 Å². The number of rotatable bonds is 4. The Balaban J connectivity index is 2.49. The average Bonchev–Trinajstić information content (AvgIpc) is 2.34.